The smallest absolute Gasteiger partial charge is 0.406 e. The standard InChI is InChI=1S/C15H13F3INO/c1-20-14(10-4-2-6-12(19)8-10)11-5-3-7-13(9-11)21-15(16,17)18/h2-9,14,20H,1H3. The van der Waals surface area contributed by atoms with Crippen molar-refractivity contribution in [3.05, 3.63) is 63.2 Å². The molecule has 2 rings (SSSR count). The minimum atomic E-state index is -4.68. The van der Waals surface area contributed by atoms with E-state index in [1.165, 1.54) is 12.1 Å². The number of benzene rings is 2. The third-order valence-electron chi connectivity index (χ3n) is 2.90. The normalized spacial score (nSPS) is 13.0. The van der Waals surface area contributed by atoms with Crippen LogP contribution in [0.5, 0.6) is 5.75 Å². The highest BCUT2D eigenvalue weighted by Crippen LogP contribution is 2.28. The summed E-state index contributed by atoms with van der Waals surface area (Å²) < 4.78 is 41.9. The lowest BCUT2D eigenvalue weighted by Crippen LogP contribution is -2.19. The Morgan fingerprint density at radius 1 is 1.05 bits per heavy atom. The molecule has 21 heavy (non-hydrogen) atoms. The van der Waals surface area contributed by atoms with E-state index in [0.29, 0.717) is 5.56 Å². The van der Waals surface area contributed by atoms with Crippen LogP contribution in [0.3, 0.4) is 0 Å². The molecule has 1 unspecified atom stereocenters. The fraction of sp³-hybridized carbons (Fsp3) is 0.200. The Labute approximate surface area is 134 Å². The molecule has 0 amide bonds. The number of ether oxygens (including phenoxy) is 1. The molecule has 2 aromatic carbocycles. The Morgan fingerprint density at radius 2 is 1.67 bits per heavy atom. The van der Waals surface area contributed by atoms with E-state index in [-0.39, 0.29) is 11.8 Å². The van der Waals surface area contributed by atoms with Crippen LogP contribution in [0.4, 0.5) is 13.2 Å². The van der Waals surface area contributed by atoms with Crippen LogP contribution in [-0.4, -0.2) is 13.4 Å². The van der Waals surface area contributed by atoms with E-state index in [9.17, 15) is 13.2 Å². The molecule has 0 aliphatic rings. The topological polar surface area (TPSA) is 21.3 Å². The number of hydrogen-bond donors (Lipinski definition) is 1. The van der Waals surface area contributed by atoms with Crippen LogP contribution in [0.25, 0.3) is 0 Å². The third kappa shape index (κ3) is 4.60. The van der Waals surface area contributed by atoms with Gasteiger partial charge in [0, 0.05) is 3.57 Å². The zero-order valence-corrected chi connectivity index (χ0v) is 13.3. The Kier molecular flexibility index (Phi) is 5.10. The van der Waals surface area contributed by atoms with E-state index >= 15 is 0 Å². The second kappa shape index (κ2) is 6.65. The summed E-state index contributed by atoms with van der Waals surface area (Å²) in [5, 5.41) is 3.11. The summed E-state index contributed by atoms with van der Waals surface area (Å²) in [7, 11) is 1.77. The summed E-state index contributed by atoms with van der Waals surface area (Å²) in [6, 6.07) is 13.6. The minimum Gasteiger partial charge on any atom is -0.406 e. The van der Waals surface area contributed by atoms with Crippen LogP contribution < -0.4 is 10.1 Å². The van der Waals surface area contributed by atoms with Gasteiger partial charge in [-0.3, -0.25) is 0 Å². The van der Waals surface area contributed by atoms with Gasteiger partial charge in [-0.25, -0.2) is 0 Å². The quantitative estimate of drug-likeness (QED) is 0.754. The lowest BCUT2D eigenvalue weighted by Gasteiger charge is -2.19. The van der Waals surface area contributed by atoms with Crippen molar-refractivity contribution in [1.82, 2.24) is 5.32 Å². The Hall–Kier alpha value is -1.28. The molecule has 0 aliphatic carbocycles. The first-order valence-corrected chi connectivity index (χ1v) is 7.25. The van der Waals surface area contributed by atoms with Crippen molar-refractivity contribution in [1.29, 1.82) is 0 Å². The van der Waals surface area contributed by atoms with Gasteiger partial charge >= 0.3 is 6.36 Å². The molecule has 0 radical (unpaired) electrons. The Morgan fingerprint density at radius 3 is 2.24 bits per heavy atom. The molecular formula is C15H13F3INO. The van der Waals surface area contributed by atoms with Gasteiger partial charge in [-0.1, -0.05) is 24.3 Å². The lowest BCUT2D eigenvalue weighted by molar-refractivity contribution is -0.274. The monoisotopic (exact) mass is 407 g/mol. The van der Waals surface area contributed by atoms with E-state index in [1.807, 2.05) is 24.3 Å². The first kappa shape index (κ1) is 16.1. The predicted octanol–water partition coefficient (Wildman–Crippen LogP) is 4.50. The van der Waals surface area contributed by atoms with Crippen LogP contribution in [0.15, 0.2) is 48.5 Å². The molecule has 2 nitrogen and oxygen atoms in total. The molecule has 1 atom stereocenters. The number of hydrogen-bond acceptors (Lipinski definition) is 2. The summed E-state index contributed by atoms with van der Waals surface area (Å²) in [6.45, 7) is 0. The second-order valence-corrected chi connectivity index (χ2v) is 5.64. The molecular weight excluding hydrogens is 394 g/mol. The van der Waals surface area contributed by atoms with Gasteiger partial charge < -0.3 is 10.1 Å². The largest absolute Gasteiger partial charge is 0.573 e. The average molecular weight is 407 g/mol. The SMILES string of the molecule is CNC(c1cccc(I)c1)c1cccc(OC(F)(F)F)c1. The van der Waals surface area contributed by atoms with E-state index in [4.69, 9.17) is 0 Å². The molecule has 0 spiro atoms. The highest BCUT2D eigenvalue weighted by molar-refractivity contribution is 14.1. The van der Waals surface area contributed by atoms with Crippen LogP contribution in [0.1, 0.15) is 17.2 Å². The van der Waals surface area contributed by atoms with E-state index in [2.05, 4.69) is 32.6 Å². The minimum absolute atomic E-state index is 0.198. The van der Waals surface area contributed by atoms with Gasteiger partial charge in [0.2, 0.25) is 0 Å². The van der Waals surface area contributed by atoms with Crippen molar-refractivity contribution in [2.75, 3.05) is 7.05 Å². The number of rotatable bonds is 4. The molecule has 112 valence electrons. The molecule has 1 N–H and O–H groups in total. The van der Waals surface area contributed by atoms with E-state index in [0.717, 1.165) is 9.13 Å². The van der Waals surface area contributed by atoms with E-state index in [1.54, 1.807) is 19.2 Å². The van der Waals surface area contributed by atoms with Crippen molar-refractivity contribution in [2.45, 2.75) is 12.4 Å². The van der Waals surface area contributed by atoms with Gasteiger partial charge in [0.05, 0.1) is 6.04 Å². The second-order valence-electron chi connectivity index (χ2n) is 4.40. The van der Waals surface area contributed by atoms with Crippen molar-refractivity contribution < 1.29 is 17.9 Å². The van der Waals surface area contributed by atoms with Crippen molar-refractivity contribution in [2.24, 2.45) is 0 Å². The summed E-state index contributed by atoms with van der Waals surface area (Å²) in [6.07, 6.45) is -4.68. The first-order chi connectivity index (χ1) is 9.89. The number of nitrogens with one attached hydrogen (secondary N) is 1. The van der Waals surface area contributed by atoms with Gasteiger partial charge in [0.1, 0.15) is 5.75 Å². The summed E-state index contributed by atoms with van der Waals surface area (Å²) in [5.41, 5.74) is 1.69. The van der Waals surface area contributed by atoms with Crippen LogP contribution >= 0.6 is 22.6 Å². The molecule has 0 aromatic heterocycles. The predicted molar refractivity (Wildman–Crippen MR) is 83.2 cm³/mol. The molecule has 0 heterocycles. The van der Waals surface area contributed by atoms with Crippen molar-refractivity contribution >= 4 is 22.6 Å². The highest BCUT2D eigenvalue weighted by atomic mass is 127. The fourth-order valence-corrected chi connectivity index (χ4v) is 2.67. The molecule has 0 fully saturated rings. The maximum atomic E-state index is 12.3. The van der Waals surface area contributed by atoms with Crippen LogP contribution in [-0.2, 0) is 0 Å². The highest BCUT2D eigenvalue weighted by Gasteiger charge is 2.31. The Balaban J connectivity index is 2.32. The van der Waals surface area contributed by atoms with Gasteiger partial charge in [0.25, 0.3) is 0 Å². The van der Waals surface area contributed by atoms with E-state index < -0.39 is 6.36 Å². The maximum absolute atomic E-state index is 12.3. The van der Waals surface area contributed by atoms with Gasteiger partial charge in [-0.05, 0) is 65.0 Å². The lowest BCUT2D eigenvalue weighted by atomic mass is 9.99. The molecule has 2 aromatic rings. The zero-order chi connectivity index (χ0) is 15.5. The zero-order valence-electron chi connectivity index (χ0n) is 11.1. The van der Waals surface area contributed by atoms with Crippen LogP contribution in [0.2, 0.25) is 0 Å². The van der Waals surface area contributed by atoms with Gasteiger partial charge in [-0.2, -0.15) is 0 Å². The maximum Gasteiger partial charge on any atom is 0.573 e. The third-order valence-corrected chi connectivity index (χ3v) is 3.57. The van der Waals surface area contributed by atoms with Crippen molar-refractivity contribution in [3.8, 4) is 5.75 Å². The summed E-state index contributed by atoms with van der Waals surface area (Å²) >= 11 is 2.20. The van der Waals surface area contributed by atoms with Crippen molar-refractivity contribution in [3.63, 3.8) is 0 Å². The molecule has 0 saturated carbocycles. The Bertz CT molecular complexity index is 616. The summed E-state index contributed by atoms with van der Waals surface area (Å²) in [4.78, 5) is 0. The molecule has 6 heteroatoms. The van der Waals surface area contributed by atoms with Gasteiger partial charge in [-0.15, -0.1) is 13.2 Å². The van der Waals surface area contributed by atoms with Crippen LogP contribution in [0, 0.1) is 3.57 Å². The molecule has 0 saturated heterocycles. The number of halogens is 4. The van der Waals surface area contributed by atoms with Gasteiger partial charge in [0.15, 0.2) is 0 Å². The molecule has 0 aliphatic heterocycles. The fourth-order valence-electron chi connectivity index (χ4n) is 2.10. The summed E-state index contributed by atoms with van der Waals surface area (Å²) in [5.74, 6) is -0.217. The average Bonchev–Trinajstić information content (AvgIpc) is 2.38. The first-order valence-electron chi connectivity index (χ1n) is 6.17. The molecule has 0 bridgehead atoms. The number of alkyl halides is 3.